The molecule has 1 unspecified atom stereocenters. The van der Waals surface area contributed by atoms with Gasteiger partial charge in [-0.2, -0.15) is 0 Å². The Bertz CT molecular complexity index is 358. The van der Waals surface area contributed by atoms with Crippen LogP contribution in [0.3, 0.4) is 0 Å². The van der Waals surface area contributed by atoms with Crippen molar-refractivity contribution >= 4 is 5.69 Å². The molecule has 1 aromatic rings. The van der Waals surface area contributed by atoms with E-state index < -0.39 is 0 Å². The minimum Gasteiger partial charge on any atom is -0.396 e. The number of hydrogen-bond acceptors (Lipinski definition) is 2. The molecule has 0 bridgehead atoms. The Balaban J connectivity index is 2.13. The van der Waals surface area contributed by atoms with Crippen LogP contribution in [-0.4, -0.2) is 25.3 Å². The first-order valence-electron chi connectivity index (χ1n) is 6.18. The smallest absolute Gasteiger partial charge is 0.0462 e. The van der Waals surface area contributed by atoms with Gasteiger partial charge < -0.3 is 10.0 Å². The average Bonchev–Trinajstić information content (AvgIpc) is 2.68. The molecule has 0 radical (unpaired) electrons. The third-order valence-electron chi connectivity index (χ3n) is 3.63. The number of anilines is 1. The highest BCUT2D eigenvalue weighted by Gasteiger charge is 2.16. The Kier molecular flexibility index (Phi) is 3.49. The number of hydrogen-bond donors (Lipinski definition) is 1. The standard InChI is InChI=1S/C14H21NO/c1-3-11(10-16)8-12-4-5-14-13(9-12)6-7-15(14)2/h4-5,9,11,16H,3,6-8,10H2,1-2H3. The van der Waals surface area contributed by atoms with Crippen molar-refractivity contribution in [2.75, 3.05) is 25.1 Å². The first-order chi connectivity index (χ1) is 7.74. The highest BCUT2D eigenvalue weighted by Crippen LogP contribution is 2.28. The fourth-order valence-electron chi connectivity index (χ4n) is 2.42. The summed E-state index contributed by atoms with van der Waals surface area (Å²) >= 11 is 0. The van der Waals surface area contributed by atoms with Crippen LogP contribution < -0.4 is 4.90 Å². The third kappa shape index (κ3) is 2.22. The van der Waals surface area contributed by atoms with Gasteiger partial charge in [0.15, 0.2) is 0 Å². The lowest BCUT2D eigenvalue weighted by atomic mass is 9.96. The predicted octanol–water partition coefficient (Wildman–Crippen LogP) is 2.24. The number of fused-ring (bicyclic) bond motifs is 1. The molecule has 0 saturated heterocycles. The van der Waals surface area contributed by atoms with Crippen molar-refractivity contribution < 1.29 is 5.11 Å². The quantitative estimate of drug-likeness (QED) is 0.839. The van der Waals surface area contributed by atoms with Gasteiger partial charge in [-0.1, -0.05) is 25.5 Å². The fourth-order valence-corrected chi connectivity index (χ4v) is 2.42. The van der Waals surface area contributed by atoms with Gasteiger partial charge in [-0.3, -0.25) is 0 Å². The summed E-state index contributed by atoms with van der Waals surface area (Å²) in [6, 6.07) is 6.75. The zero-order chi connectivity index (χ0) is 11.5. The van der Waals surface area contributed by atoms with Crippen molar-refractivity contribution in [3.8, 4) is 0 Å². The van der Waals surface area contributed by atoms with Crippen LogP contribution in [0, 0.1) is 5.92 Å². The van der Waals surface area contributed by atoms with E-state index in [0.717, 1.165) is 25.8 Å². The molecule has 0 saturated carbocycles. The van der Waals surface area contributed by atoms with E-state index in [1.54, 1.807) is 0 Å². The number of rotatable bonds is 4. The lowest BCUT2D eigenvalue weighted by molar-refractivity contribution is 0.222. The molecule has 1 aliphatic heterocycles. The number of aliphatic hydroxyl groups excluding tert-OH is 1. The van der Waals surface area contributed by atoms with Crippen molar-refractivity contribution in [3.63, 3.8) is 0 Å². The summed E-state index contributed by atoms with van der Waals surface area (Å²) < 4.78 is 0. The van der Waals surface area contributed by atoms with Gasteiger partial charge in [0.05, 0.1) is 0 Å². The highest BCUT2D eigenvalue weighted by atomic mass is 16.3. The van der Waals surface area contributed by atoms with Crippen LogP contribution in [0.4, 0.5) is 5.69 Å². The SMILES string of the molecule is CCC(CO)Cc1ccc2c(c1)CCN2C. The molecule has 0 fully saturated rings. The van der Waals surface area contributed by atoms with E-state index in [1.165, 1.54) is 16.8 Å². The minimum atomic E-state index is 0.299. The lowest BCUT2D eigenvalue weighted by Gasteiger charge is -2.14. The molecule has 1 atom stereocenters. The van der Waals surface area contributed by atoms with Crippen LogP contribution in [0.1, 0.15) is 24.5 Å². The van der Waals surface area contributed by atoms with Crippen LogP contribution in [0.25, 0.3) is 0 Å². The zero-order valence-corrected chi connectivity index (χ0v) is 10.2. The van der Waals surface area contributed by atoms with Gasteiger partial charge in [0.2, 0.25) is 0 Å². The van der Waals surface area contributed by atoms with Crippen LogP contribution in [0.5, 0.6) is 0 Å². The fraction of sp³-hybridized carbons (Fsp3) is 0.571. The minimum absolute atomic E-state index is 0.299. The monoisotopic (exact) mass is 219 g/mol. The summed E-state index contributed by atoms with van der Waals surface area (Å²) in [6.45, 7) is 3.57. The van der Waals surface area contributed by atoms with Crippen molar-refractivity contribution in [1.82, 2.24) is 0 Å². The summed E-state index contributed by atoms with van der Waals surface area (Å²) in [5.41, 5.74) is 4.21. The van der Waals surface area contributed by atoms with Crippen LogP contribution in [0.2, 0.25) is 0 Å². The normalized spacial score (nSPS) is 16.3. The van der Waals surface area contributed by atoms with Crippen molar-refractivity contribution in [2.45, 2.75) is 26.2 Å². The van der Waals surface area contributed by atoms with Crippen molar-refractivity contribution in [1.29, 1.82) is 0 Å². The number of benzene rings is 1. The highest BCUT2D eigenvalue weighted by molar-refractivity contribution is 5.58. The van der Waals surface area contributed by atoms with E-state index in [1.807, 2.05) is 0 Å². The van der Waals surface area contributed by atoms with Crippen LogP contribution in [-0.2, 0) is 12.8 Å². The van der Waals surface area contributed by atoms with Gasteiger partial charge in [0.25, 0.3) is 0 Å². The summed E-state index contributed by atoms with van der Waals surface area (Å²) in [5, 5.41) is 9.21. The van der Waals surface area contributed by atoms with Gasteiger partial charge in [-0.15, -0.1) is 0 Å². The molecular formula is C14H21NO. The molecule has 0 aliphatic carbocycles. The predicted molar refractivity (Wildman–Crippen MR) is 68.0 cm³/mol. The van der Waals surface area contributed by atoms with E-state index >= 15 is 0 Å². The number of aliphatic hydroxyl groups is 1. The molecule has 1 aromatic carbocycles. The molecule has 2 heteroatoms. The Morgan fingerprint density at radius 3 is 2.94 bits per heavy atom. The Labute approximate surface area is 97.9 Å². The molecule has 1 aliphatic rings. The maximum Gasteiger partial charge on any atom is 0.0462 e. The summed E-state index contributed by atoms with van der Waals surface area (Å²) in [7, 11) is 2.15. The van der Waals surface area contributed by atoms with Gasteiger partial charge >= 0.3 is 0 Å². The molecule has 1 heterocycles. The lowest BCUT2D eigenvalue weighted by Crippen LogP contribution is -2.12. The van der Waals surface area contributed by atoms with Gasteiger partial charge in [-0.25, -0.2) is 0 Å². The van der Waals surface area contributed by atoms with E-state index in [9.17, 15) is 5.11 Å². The first kappa shape index (κ1) is 11.5. The summed E-state index contributed by atoms with van der Waals surface area (Å²) in [5.74, 6) is 0.414. The Morgan fingerprint density at radius 1 is 1.44 bits per heavy atom. The largest absolute Gasteiger partial charge is 0.396 e. The molecule has 1 N–H and O–H groups in total. The van der Waals surface area contributed by atoms with Crippen molar-refractivity contribution in [2.24, 2.45) is 5.92 Å². The van der Waals surface area contributed by atoms with Gasteiger partial charge in [-0.05, 0) is 36.0 Å². The topological polar surface area (TPSA) is 23.5 Å². The van der Waals surface area contributed by atoms with E-state index in [0.29, 0.717) is 12.5 Å². The van der Waals surface area contributed by atoms with Gasteiger partial charge in [0.1, 0.15) is 0 Å². The van der Waals surface area contributed by atoms with E-state index in [2.05, 4.69) is 37.1 Å². The Morgan fingerprint density at radius 2 is 2.25 bits per heavy atom. The van der Waals surface area contributed by atoms with Crippen molar-refractivity contribution in [3.05, 3.63) is 29.3 Å². The molecule has 0 amide bonds. The first-order valence-corrected chi connectivity index (χ1v) is 6.18. The third-order valence-corrected chi connectivity index (χ3v) is 3.63. The van der Waals surface area contributed by atoms with Crippen LogP contribution >= 0.6 is 0 Å². The second-order valence-corrected chi connectivity index (χ2v) is 4.80. The molecule has 16 heavy (non-hydrogen) atoms. The molecule has 0 spiro atoms. The summed E-state index contributed by atoms with van der Waals surface area (Å²) in [4.78, 5) is 2.31. The Hall–Kier alpha value is -1.02. The maximum atomic E-state index is 9.21. The second kappa shape index (κ2) is 4.88. The molecule has 88 valence electrons. The zero-order valence-electron chi connectivity index (χ0n) is 10.2. The van der Waals surface area contributed by atoms with Gasteiger partial charge in [0, 0.05) is 25.9 Å². The molecular weight excluding hydrogens is 198 g/mol. The van der Waals surface area contributed by atoms with Crippen LogP contribution in [0.15, 0.2) is 18.2 Å². The number of likely N-dealkylation sites (N-methyl/N-ethyl adjacent to an activating group) is 1. The van der Waals surface area contributed by atoms with E-state index in [-0.39, 0.29) is 0 Å². The summed E-state index contributed by atoms with van der Waals surface area (Å²) in [6.07, 6.45) is 3.22. The van der Waals surface area contributed by atoms with E-state index in [4.69, 9.17) is 0 Å². The molecule has 2 nitrogen and oxygen atoms in total. The molecule has 2 rings (SSSR count). The number of nitrogens with zero attached hydrogens (tertiary/aromatic N) is 1. The molecule has 0 aromatic heterocycles. The second-order valence-electron chi connectivity index (χ2n) is 4.80. The maximum absolute atomic E-state index is 9.21. The average molecular weight is 219 g/mol.